The van der Waals surface area contributed by atoms with Crippen molar-refractivity contribution in [2.75, 3.05) is 7.11 Å². The van der Waals surface area contributed by atoms with Gasteiger partial charge >= 0.3 is 5.97 Å². The topological polar surface area (TPSA) is 59.4 Å². The average Bonchev–Trinajstić information content (AvgIpc) is 2.27. The number of methoxy groups -OCH3 is 1. The third-order valence-corrected chi connectivity index (χ3v) is 2.16. The minimum absolute atomic E-state index is 0.0828. The van der Waals surface area contributed by atoms with Gasteiger partial charge < -0.3 is 9.84 Å². The summed E-state index contributed by atoms with van der Waals surface area (Å²) in [6.45, 7) is 0. The van der Waals surface area contributed by atoms with E-state index in [-0.39, 0.29) is 11.3 Å². The second-order valence-corrected chi connectivity index (χ2v) is 3.08. The summed E-state index contributed by atoms with van der Waals surface area (Å²) in [6, 6.07) is 4.84. The highest BCUT2D eigenvalue weighted by Gasteiger charge is 2.12. The molecule has 0 aliphatic carbocycles. The van der Waals surface area contributed by atoms with Crippen molar-refractivity contribution in [1.82, 2.24) is 4.98 Å². The summed E-state index contributed by atoms with van der Waals surface area (Å²) in [4.78, 5) is 15.2. The van der Waals surface area contributed by atoms with Crippen molar-refractivity contribution >= 4 is 16.7 Å². The number of benzene rings is 1. The van der Waals surface area contributed by atoms with Crippen LogP contribution in [0.1, 0.15) is 10.4 Å². The molecule has 1 aromatic carbocycles. The van der Waals surface area contributed by atoms with E-state index in [0.717, 1.165) is 10.8 Å². The van der Waals surface area contributed by atoms with Crippen LogP contribution in [-0.4, -0.2) is 23.2 Å². The fourth-order valence-electron chi connectivity index (χ4n) is 1.40. The van der Waals surface area contributed by atoms with E-state index in [9.17, 15) is 9.90 Å². The van der Waals surface area contributed by atoms with Crippen LogP contribution in [0.4, 0.5) is 0 Å². The van der Waals surface area contributed by atoms with Crippen LogP contribution in [0.15, 0.2) is 30.6 Å². The van der Waals surface area contributed by atoms with Crippen LogP contribution in [0.3, 0.4) is 0 Å². The lowest BCUT2D eigenvalue weighted by Gasteiger charge is -2.04. The van der Waals surface area contributed by atoms with Crippen LogP contribution in [0, 0.1) is 0 Å². The van der Waals surface area contributed by atoms with Crippen LogP contribution in [0.2, 0.25) is 0 Å². The molecule has 76 valence electrons. The number of rotatable bonds is 1. The Labute approximate surface area is 86.1 Å². The van der Waals surface area contributed by atoms with Gasteiger partial charge in [0.15, 0.2) is 0 Å². The molecule has 1 aromatic heterocycles. The molecular formula is C11H9NO3. The number of ether oxygens (including phenoxy) is 1. The van der Waals surface area contributed by atoms with Gasteiger partial charge in [0.05, 0.1) is 7.11 Å². The van der Waals surface area contributed by atoms with E-state index in [0.29, 0.717) is 0 Å². The molecule has 0 unspecified atom stereocenters. The summed E-state index contributed by atoms with van der Waals surface area (Å²) in [6.07, 6.45) is 3.25. The lowest BCUT2D eigenvalue weighted by atomic mass is 10.1. The molecular weight excluding hydrogens is 194 g/mol. The van der Waals surface area contributed by atoms with Gasteiger partial charge in [-0.25, -0.2) is 4.79 Å². The number of aromatic nitrogens is 1. The highest BCUT2D eigenvalue weighted by molar-refractivity contribution is 5.98. The molecule has 0 bridgehead atoms. The maximum atomic E-state index is 11.3. The monoisotopic (exact) mass is 203 g/mol. The Hall–Kier alpha value is -2.10. The molecule has 0 aliphatic heterocycles. The zero-order valence-electron chi connectivity index (χ0n) is 8.10. The van der Waals surface area contributed by atoms with Gasteiger partial charge in [0, 0.05) is 17.8 Å². The van der Waals surface area contributed by atoms with E-state index < -0.39 is 5.97 Å². The Morgan fingerprint density at radius 1 is 1.40 bits per heavy atom. The Kier molecular flexibility index (Phi) is 2.25. The van der Waals surface area contributed by atoms with Crippen molar-refractivity contribution in [2.45, 2.75) is 0 Å². The molecule has 0 radical (unpaired) electrons. The number of hydrogen-bond donors (Lipinski definition) is 1. The summed E-state index contributed by atoms with van der Waals surface area (Å²) >= 11 is 0. The standard InChI is InChI=1S/C11H9NO3/c1-15-11(14)9-4-8-6-12-3-2-7(8)5-10(9)13/h2-6,13H,1H3. The van der Waals surface area contributed by atoms with Crippen molar-refractivity contribution in [1.29, 1.82) is 0 Å². The lowest BCUT2D eigenvalue weighted by Crippen LogP contribution is -2.01. The van der Waals surface area contributed by atoms with Gasteiger partial charge in [0.2, 0.25) is 0 Å². The Balaban J connectivity index is 2.67. The van der Waals surface area contributed by atoms with Crippen molar-refractivity contribution < 1.29 is 14.6 Å². The molecule has 0 aliphatic rings. The minimum Gasteiger partial charge on any atom is -0.507 e. The molecule has 4 nitrogen and oxygen atoms in total. The molecule has 0 spiro atoms. The molecule has 1 heterocycles. The predicted octanol–water partition coefficient (Wildman–Crippen LogP) is 1.73. The maximum Gasteiger partial charge on any atom is 0.341 e. The van der Waals surface area contributed by atoms with E-state index >= 15 is 0 Å². The first-order valence-corrected chi connectivity index (χ1v) is 4.37. The summed E-state index contributed by atoms with van der Waals surface area (Å²) < 4.78 is 4.55. The maximum absolute atomic E-state index is 11.3. The van der Waals surface area contributed by atoms with E-state index in [1.807, 2.05) is 0 Å². The Morgan fingerprint density at radius 3 is 2.93 bits per heavy atom. The zero-order valence-corrected chi connectivity index (χ0v) is 8.10. The van der Waals surface area contributed by atoms with Crippen LogP contribution in [-0.2, 0) is 4.74 Å². The van der Waals surface area contributed by atoms with Crippen LogP contribution in [0.5, 0.6) is 5.75 Å². The molecule has 0 amide bonds. The molecule has 1 N–H and O–H groups in total. The predicted molar refractivity (Wildman–Crippen MR) is 54.7 cm³/mol. The second-order valence-electron chi connectivity index (χ2n) is 3.08. The number of fused-ring (bicyclic) bond motifs is 1. The van der Waals surface area contributed by atoms with Crippen molar-refractivity contribution in [3.8, 4) is 5.75 Å². The van der Waals surface area contributed by atoms with E-state index in [4.69, 9.17) is 0 Å². The summed E-state index contributed by atoms with van der Waals surface area (Å²) in [7, 11) is 1.27. The van der Waals surface area contributed by atoms with Crippen LogP contribution in [0.25, 0.3) is 10.8 Å². The number of phenols is 1. The van der Waals surface area contributed by atoms with Crippen LogP contribution < -0.4 is 0 Å². The van der Waals surface area contributed by atoms with Gasteiger partial charge in [-0.2, -0.15) is 0 Å². The highest BCUT2D eigenvalue weighted by atomic mass is 16.5. The molecule has 15 heavy (non-hydrogen) atoms. The van der Waals surface area contributed by atoms with Gasteiger partial charge in [-0.3, -0.25) is 4.98 Å². The van der Waals surface area contributed by atoms with E-state index in [2.05, 4.69) is 9.72 Å². The lowest BCUT2D eigenvalue weighted by molar-refractivity contribution is 0.0597. The summed E-state index contributed by atoms with van der Waals surface area (Å²) in [5, 5.41) is 11.2. The first-order valence-electron chi connectivity index (χ1n) is 4.37. The van der Waals surface area contributed by atoms with Crippen molar-refractivity contribution in [2.24, 2.45) is 0 Å². The first kappa shape index (κ1) is 9.45. The van der Waals surface area contributed by atoms with Crippen molar-refractivity contribution in [3.63, 3.8) is 0 Å². The number of esters is 1. The number of carbonyl (C=O) groups is 1. The van der Waals surface area contributed by atoms with Crippen LogP contribution >= 0.6 is 0 Å². The molecule has 2 aromatic rings. The second kappa shape index (κ2) is 3.57. The number of phenolic OH excluding ortho intramolecular Hbond substituents is 1. The summed E-state index contributed by atoms with van der Waals surface area (Å²) in [5.41, 5.74) is 0.151. The minimum atomic E-state index is -0.557. The average molecular weight is 203 g/mol. The van der Waals surface area contributed by atoms with E-state index in [1.54, 1.807) is 24.5 Å². The quantitative estimate of drug-likeness (QED) is 0.717. The molecule has 0 fully saturated rings. The molecule has 4 heteroatoms. The number of hydrogen-bond acceptors (Lipinski definition) is 4. The molecule has 0 saturated carbocycles. The van der Waals surface area contributed by atoms with E-state index in [1.165, 1.54) is 13.2 Å². The van der Waals surface area contributed by atoms with Gasteiger partial charge in [0.1, 0.15) is 11.3 Å². The van der Waals surface area contributed by atoms with Gasteiger partial charge in [0.25, 0.3) is 0 Å². The van der Waals surface area contributed by atoms with Gasteiger partial charge in [-0.1, -0.05) is 0 Å². The third-order valence-electron chi connectivity index (χ3n) is 2.16. The zero-order chi connectivity index (χ0) is 10.8. The smallest absolute Gasteiger partial charge is 0.341 e. The fourth-order valence-corrected chi connectivity index (χ4v) is 1.40. The largest absolute Gasteiger partial charge is 0.507 e. The third kappa shape index (κ3) is 1.61. The molecule has 2 rings (SSSR count). The fraction of sp³-hybridized carbons (Fsp3) is 0.0909. The van der Waals surface area contributed by atoms with Gasteiger partial charge in [-0.15, -0.1) is 0 Å². The SMILES string of the molecule is COC(=O)c1cc2cnccc2cc1O. The number of nitrogens with zero attached hydrogens (tertiary/aromatic N) is 1. The molecule has 0 saturated heterocycles. The first-order chi connectivity index (χ1) is 7.22. The highest BCUT2D eigenvalue weighted by Crippen LogP contribution is 2.24. The number of carbonyl (C=O) groups excluding carboxylic acids is 1. The Bertz CT molecular complexity index is 522. The molecule has 0 atom stereocenters. The number of pyridine rings is 1. The number of aromatic hydroxyl groups is 1. The summed E-state index contributed by atoms with van der Waals surface area (Å²) in [5.74, 6) is -0.640. The Morgan fingerprint density at radius 2 is 2.20 bits per heavy atom. The van der Waals surface area contributed by atoms with Gasteiger partial charge in [-0.05, 0) is 23.6 Å². The van der Waals surface area contributed by atoms with Crippen molar-refractivity contribution in [3.05, 3.63) is 36.2 Å². The normalized spacial score (nSPS) is 10.2.